The van der Waals surface area contributed by atoms with Gasteiger partial charge in [0.2, 0.25) is 0 Å². The highest BCUT2D eigenvalue weighted by atomic mass is 32.1. The number of ketones is 1. The largest absolute Gasteiger partial charge is 0.507 e. The van der Waals surface area contributed by atoms with E-state index in [0.29, 0.717) is 46.5 Å². The van der Waals surface area contributed by atoms with Crippen molar-refractivity contribution in [2.45, 2.75) is 39.2 Å². The van der Waals surface area contributed by atoms with Gasteiger partial charge in [-0.2, -0.15) is 0 Å². The molecule has 5 rings (SSSR count). The highest BCUT2D eigenvalue weighted by molar-refractivity contribution is 7.22. The lowest BCUT2D eigenvalue weighted by Gasteiger charge is -2.23. The summed E-state index contributed by atoms with van der Waals surface area (Å²) in [7, 11) is 0. The molecule has 1 aromatic heterocycles. The molecule has 0 aliphatic carbocycles. The number of fused-ring (bicyclic) bond motifs is 1. The molecule has 1 unspecified atom stereocenters. The summed E-state index contributed by atoms with van der Waals surface area (Å²) in [5.41, 5.74) is 1.85. The second kappa shape index (κ2) is 11.7. The molecule has 1 saturated heterocycles. The third-order valence-electron chi connectivity index (χ3n) is 6.57. The molecule has 8 heteroatoms. The Morgan fingerprint density at radius 1 is 0.949 bits per heavy atom. The van der Waals surface area contributed by atoms with E-state index < -0.39 is 17.7 Å². The Morgan fingerprint density at radius 3 is 2.41 bits per heavy atom. The van der Waals surface area contributed by atoms with Crippen molar-refractivity contribution in [2.24, 2.45) is 0 Å². The number of rotatable bonds is 10. The first-order chi connectivity index (χ1) is 19.0. The summed E-state index contributed by atoms with van der Waals surface area (Å²) in [5.74, 6) is -0.297. The maximum atomic E-state index is 13.5. The molecule has 2 heterocycles. The van der Waals surface area contributed by atoms with Gasteiger partial charge in [0.25, 0.3) is 5.78 Å². The Hall–Kier alpha value is -4.17. The lowest BCUT2D eigenvalue weighted by Crippen LogP contribution is -2.29. The number of aliphatic hydroxyl groups is 1. The SMILES string of the molecule is CCCCCOc1ccc(C2C(=C(O)c3ccccc3)C(=O)C(=O)N2c2nc3ccc(OCC)cc3s2)cc1. The summed E-state index contributed by atoms with van der Waals surface area (Å²) in [6.45, 7) is 5.21. The predicted molar refractivity (Wildman–Crippen MR) is 153 cm³/mol. The number of ether oxygens (including phenoxy) is 2. The quantitative estimate of drug-likeness (QED) is 0.102. The van der Waals surface area contributed by atoms with Crippen LogP contribution < -0.4 is 14.4 Å². The van der Waals surface area contributed by atoms with E-state index in [1.807, 2.05) is 55.5 Å². The van der Waals surface area contributed by atoms with Crippen molar-refractivity contribution >= 4 is 44.1 Å². The van der Waals surface area contributed by atoms with Gasteiger partial charge in [-0.3, -0.25) is 14.5 Å². The molecule has 7 nitrogen and oxygen atoms in total. The van der Waals surface area contributed by atoms with Gasteiger partial charge in [0, 0.05) is 5.56 Å². The normalized spacial score (nSPS) is 16.7. The van der Waals surface area contributed by atoms with Crippen LogP contribution in [0.1, 0.15) is 50.3 Å². The molecule has 1 amide bonds. The predicted octanol–water partition coefficient (Wildman–Crippen LogP) is 6.89. The molecule has 1 fully saturated rings. The fourth-order valence-corrected chi connectivity index (χ4v) is 5.66. The molecule has 1 aliphatic rings. The summed E-state index contributed by atoms with van der Waals surface area (Å²) in [5, 5.41) is 11.7. The minimum atomic E-state index is -0.855. The fourth-order valence-electron chi connectivity index (χ4n) is 4.64. The van der Waals surface area contributed by atoms with E-state index in [0.717, 1.165) is 24.0 Å². The van der Waals surface area contributed by atoms with E-state index in [1.54, 1.807) is 24.3 Å². The lowest BCUT2D eigenvalue weighted by molar-refractivity contribution is -0.132. The van der Waals surface area contributed by atoms with Gasteiger partial charge < -0.3 is 14.6 Å². The van der Waals surface area contributed by atoms with E-state index in [2.05, 4.69) is 11.9 Å². The molecule has 3 aromatic carbocycles. The second-order valence-corrected chi connectivity index (χ2v) is 10.2. The van der Waals surface area contributed by atoms with Crippen LogP contribution in [0.3, 0.4) is 0 Å². The Labute approximate surface area is 231 Å². The van der Waals surface area contributed by atoms with E-state index in [-0.39, 0.29) is 11.3 Å². The zero-order valence-electron chi connectivity index (χ0n) is 21.9. The number of thiazole rings is 1. The number of Topliss-reactive ketones (excluding diaryl/α,β-unsaturated/α-hetero) is 1. The van der Waals surface area contributed by atoms with E-state index in [4.69, 9.17) is 9.47 Å². The number of aliphatic hydroxyl groups excluding tert-OH is 1. The average Bonchev–Trinajstić information content (AvgIpc) is 3.49. The first-order valence-electron chi connectivity index (χ1n) is 13.1. The van der Waals surface area contributed by atoms with Crippen LogP contribution in [0.15, 0.2) is 78.4 Å². The number of aromatic nitrogens is 1. The van der Waals surface area contributed by atoms with E-state index in [9.17, 15) is 14.7 Å². The van der Waals surface area contributed by atoms with Gasteiger partial charge in [0.15, 0.2) is 5.13 Å². The van der Waals surface area contributed by atoms with Gasteiger partial charge in [-0.25, -0.2) is 4.98 Å². The summed E-state index contributed by atoms with van der Waals surface area (Å²) in [4.78, 5) is 33.0. The second-order valence-electron chi connectivity index (χ2n) is 9.22. The molecule has 0 saturated carbocycles. The zero-order chi connectivity index (χ0) is 27.4. The lowest BCUT2D eigenvalue weighted by atomic mass is 9.95. The first kappa shape index (κ1) is 26.4. The molecule has 0 bridgehead atoms. The van der Waals surface area contributed by atoms with Crippen LogP contribution in [-0.2, 0) is 9.59 Å². The van der Waals surface area contributed by atoms with E-state index >= 15 is 0 Å². The Bertz CT molecular complexity index is 1510. The van der Waals surface area contributed by atoms with Gasteiger partial charge in [-0.15, -0.1) is 0 Å². The molecule has 1 N–H and O–H groups in total. The monoisotopic (exact) mass is 542 g/mol. The third kappa shape index (κ3) is 5.38. The van der Waals surface area contributed by atoms with Crippen LogP contribution in [-0.4, -0.2) is 35.0 Å². The van der Waals surface area contributed by atoms with Crippen LogP contribution in [0.5, 0.6) is 11.5 Å². The smallest absolute Gasteiger partial charge is 0.301 e. The van der Waals surface area contributed by atoms with Gasteiger partial charge in [0.1, 0.15) is 17.3 Å². The number of carbonyl (C=O) groups is 2. The van der Waals surface area contributed by atoms with Crippen LogP contribution in [0.2, 0.25) is 0 Å². The van der Waals surface area contributed by atoms with Crippen molar-refractivity contribution in [3.63, 3.8) is 0 Å². The highest BCUT2D eigenvalue weighted by Gasteiger charge is 2.48. The molecule has 4 aromatic rings. The molecular weight excluding hydrogens is 512 g/mol. The minimum absolute atomic E-state index is 0.0251. The minimum Gasteiger partial charge on any atom is -0.507 e. The number of nitrogens with zero attached hydrogens (tertiary/aromatic N) is 2. The molecular formula is C31H30N2O5S. The van der Waals surface area contributed by atoms with Gasteiger partial charge in [-0.05, 0) is 49.2 Å². The highest BCUT2D eigenvalue weighted by Crippen LogP contribution is 2.44. The van der Waals surface area contributed by atoms with Crippen molar-refractivity contribution in [2.75, 3.05) is 18.1 Å². The van der Waals surface area contributed by atoms with Crippen LogP contribution in [0.25, 0.3) is 16.0 Å². The number of benzene rings is 3. The molecule has 0 spiro atoms. The van der Waals surface area contributed by atoms with Crippen molar-refractivity contribution in [1.29, 1.82) is 0 Å². The summed E-state index contributed by atoms with van der Waals surface area (Å²) >= 11 is 1.30. The molecule has 1 aliphatic heterocycles. The number of carbonyl (C=O) groups excluding carboxylic acids is 2. The van der Waals surface area contributed by atoms with E-state index in [1.165, 1.54) is 16.2 Å². The molecule has 1 atom stereocenters. The first-order valence-corrected chi connectivity index (χ1v) is 14.0. The van der Waals surface area contributed by atoms with Crippen molar-refractivity contribution in [3.8, 4) is 11.5 Å². The number of unbranched alkanes of at least 4 members (excludes halogenated alkanes) is 2. The zero-order valence-corrected chi connectivity index (χ0v) is 22.7. The Morgan fingerprint density at radius 2 is 1.69 bits per heavy atom. The van der Waals surface area contributed by atoms with Crippen molar-refractivity contribution in [1.82, 2.24) is 4.98 Å². The maximum Gasteiger partial charge on any atom is 0.301 e. The van der Waals surface area contributed by atoms with Gasteiger partial charge >= 0.3 is 5.91 Å². The van der Waals surface area contributed by atoms with Crippen LogP contribution in [0.4, 0.5) is 5.13 Å². The summed E-state index contributed by atoms with van der Waals surface area (Å²) < 4.78 is 12.3. The average molecular weight is 543 g/mol. The number of anilines is 1. The van der Waals surface area contributed by atoms with Crippen LogP contribution in [0, 0.1) is 0 Å². The molecule has 39 heavy (non-hydrogen) atoms. The van der Waals surface area contributed by atoms with Crippen molar-refractivity contribution in [3.05, 3.63) is 89.5 Å². The Kier molecular flexibility index (Phi) is 7.93. The number of hydrogen-bond acceptors (Lipinski definition) is 7. The number of hydrogen-bond donors (Lipinski definition) is 1. The van der Waals surface area contributed by atoms with Crippen molar-refractivity contribution < 1.29 is 24.2 Å². The third-order valence-corrected chi connectivity index (χ3v) is 7.59. The fraction of sp³-hybridized carbons (Fsp3) is 0.258. The molecule has 0 radical (unpaired) electrons. The van der Waals surface area contributed by atoms with Gasteiger partial charge in [0.05, 0.1) is 35.0 Å². The van der Waals surface area contributed by atoms with Gasteiger partial charge in [-0.1, -0.05) is 73.6 Å². The van der Waals surface area contributed by atoms with Crippen LogP contribution >= 0.6 is 11.3 Å². The molecule has 200 valence electrons. The summed E-state index contributed by atoms with van der Waals surface area (Å²) in [6, 6.07) is 20.8. The summed E-state index contributed by atoms with van der Waals surface area (Å²) in [6.07, 6.45) is 3.18. The maximum absolute atomic E-state index is 13.5. The standard InChI is InChI=1S/C31H30N2O5S/c1-3-5-9-18-38-22-14-12-20(13-15-22)27-26(28(34)21-10-7-6-8-11-21)29(35)30(36)33(27)31-32-24-17-16-23(37-4-2)19-25(24)39-31/h6-8,10-17,19,27,34H,3-5,9,18H2,1-2H3. The number of amides is 1. The Balaban J connectivity index is 1.58. The topological polar surface area (TPSA) is 89.0 Å².